The molecule has 0 radical (unpaired) electrons. The van der Waals surface area contributed by atoms with Crippen LogP contribution >= 0.6 is 11.8 Å². The topological polar surface area (TPSA) is 137 Å². The fourth-order valence-corrected chi connectivity index (χ4v) is 2.00. The van der Waals surface area contributed by atoms with E-state index < -0.39 is 5.91 Å². The summed E-state index contributed by atoms with van der Waals surface area (Å²) in [6, 6.07) is 6.27. The van der Waals surface area contributed by atoms with Crippen LogP contribution in [0.5, 0.6) is 0 Å². The Hall–Kier alpha value is -2.39. The lowest BCUT2D eigenvalue weighted by Crippen LogP contribution is -2.15. The van der Waals surface area contributed by atoms with Crippen LogP contribution in [0, 0.1) is 0 Å². The van der Waals surface area contributed by atoms with Crippen LogP contribution in [0.15, 0.2) is 33.9 Å². The van der Waals surface area contributed by atoms with E-state index in [-0.39, 0.29) is 23.4 Å². The highest BCUT2D eigenvalue weighted by atomic mass is 32.2. The molecule has 0 unspecified atom stereocenters. The Morgan fingerprint density at radius 1 is 1.24 bits per heavy atom. The number of carbonyl (C=O) groups is 2. The Labute approximate surface area is 124 Å². The largest absolute Gasteiger partial charge is 0.415 e. The number of primary amides is 1. The Balaban J connectivity index is 1.85. The molecule has 0 saturated carbocycles. The molecule has 1 aromatic carbocycles. The van der Waals surface area contributed by atoms with Gasteiger partial charge in [0.25, 0.3) is 5.22 Å². The van der Waals surface area contributed by atoms with Crippen molar-refractivity contribution in [2.45, 2.75) is 11.8 Å². The van der Waals surface area contributed by atoms with Crippen molar-refractivity contribution in [1.29, 1.82) is 0 Å². The van der Waals surface area contributed by atoms with Gasteiger partial charge >= 0.3 is 0 Å². The van der Waals surface area contributed by atoms with E-state index in [0.717, 1.165) is 11.8 Å². The average molecular weight is 307 g/mol. The quantitative estimate of drug-likeness (QED) is 0.655. The second-order valence-corrected chi connectivity index (χ2v) is 4.87. The fraction of sp³-hybridized carbons (Fsp3) is 0.167. The van der Waals surface area contributed by atoms with Crippen molar-refractivity contribution >= 4 is 29.3 Å². The smallest absolute Gasteiger partial charge is 0.277 e. The second kappa shape index (κ2) is 6.86. The molecule has 110 valence electrons. The normalized spacial score (nSPS) is 10.3. The summed E-state index contributed by atoms with van der Waals surface area (Å²) in [6.45, 7) is 0.159. The number of rotatable bonds is 6. The van der Waals surface area contributed by atoms with Crippen LogP contribution < -0.4 is 16.8 Å². The molecule has 0 bridgehead atoms. The molecule has 9 heteroatoms. The molecule has 1 heterocycles. The molecule has 2 rings (SSSR count). The molecular formula is C12H13N5O3S. The van der Waals surface area contributed by atoms with Gasteiger partial charge < -0.3 is 21.2 Å². The first kappa shape index (κ1) is 15.0. The van der Waals surface area contributed by atoms with Crippen molar-refractivity contribution < 1.29 is 14.0 Å². The third-order valence-corrected chi connectivity index (χ3v) is 3.22. The number of aromatic nitrogens is 2. The highest BCUT2D eigenvalue weighted by Gasteiger charge is 2.09. The summed E-state index contributed by atoms with van der Waals surface area (Å²) in [4.78, 5) is 22.7. The number of nitrogens with zero attached hydrogens (tertiary/aromatic N) is 2. The minimum absolute atomic E-state index is 0.115. The average Bonchev–Trinajstić information content (AvgIpc) is 2.94. The number of benzene rings is 1. The van der Waals surface area contributed by atoms with Gasteiger partial charge in [-0.25, -0.2) is 0 Å². The molecule has 5 N–H and O–H groups in total. The summed E-state index contributed by atoms with van der Waals surface area (Å²) in [5.41, 5.74) is 11.4. The van der Waals surface area contributed by atoms with Gasteiger partial charge in [-0.15, -0.1) is 10.2 Å². The molecular weight excluding hydrogens is 294 g/mol. The first-order valence-electron chi connectivity index (χ1n) is 5.93. The number of hydrogen-bond donors (Lipinski definition) is 3. The number of carbonyl (C=O) groups excluding carboxylic acids is 2. The maximum absolute atomic E-state index is 11.7. The van der Waals surface area contributed by atoms with Gasteiger partial charge in [-0.05, 0) is 24.3 Å². The summed E-state index contributed by atoms with van der Waals surface area (Å²) in [5.74, 6) is -0.321. The first-order chi connectivity index (χ1) is 10.1. The standard InChI is InChI=1S/C12H13N5O3S/c13-5-10-16-17-12(20-10)21-6-9(18)15-8-3-1-7(2-4-8)11(14)19/h1-4H,5-6,13H2,(H2,14,19)(H,15,18). The SMILES string of the molecule is NCc1nnc(SCC(=O)Nc2ccc(C(N)=O)cc2)o1. The van der Waals surface area contributed by atoms with E-state index in [4.69, 9.17) is 15.9 Å². The minimum atomic E-state index is -0.518. The summed E-state index contributed by atoms with van der Waals surface area (Å²) in [7, 11) is 0. The van der Waals surface area contributed by atoms with E-state index in [9.17, 15) is 9.59 Å². The Kier molecular flexibility index (Phi) is 4.90. The van der Waals surface area contributed by atoms with Crippen LogP contribution in [-0.2, 0) is 11.3 Å². The van der Waals surface area contributed by atoms with Gasteiger partial charge in [-0.1, -0.05) is 11.8 Å². The van der Waals surface area contributed by atoms with Gasteiger partial charge in [0.1, 0.15) is 0 Å². The van der Waals surface area contributed by atoms with Gasteiger partial charge in [0.15, 0.2) is 0 Å². The minimum Gasteiger partial charge on any atom is -0.415 e. The van der Waals surface area contributed by atoms with Crippen LogP contribution in [0.1, 0.15) is 16.2 Å². The number of nitrogens with one attached hydrogen (secondary N) is 1. The van der Waals surface area contributed by atoms with Crippen LogP contribution in [0.3, 0.4) is 0 Å². The van der Waals surface area contributed by atoms with Crippen LogP contribution in [0.4, 0.5) is 5.69 Å². The predicted molar refractivity (Wildman–Crippen MR) is 76.5 cm³/mol. The van der Waals surface area contributed by atoms with Crippen LogP contribution in [0.25, 0.3) is 0 Å². The van der Waals surface area contributed by atoms with Crippen molar-refractivity contribution in [3.63, 3.8) is 0 Å². The molecule has 0 aliphatic rings. The number of hydrogen-bond acceptors (Lipinski definition) is 7. The molecule has 0 atom stereocenters. The van der Waals surface area contributed by atoms with Crippen molar-refractivity contribution in [2.75, 3.05) is 11.1 Å². The zero-order valence-corrected chi connectivity index (χ0v) is 11.7. The van der Waals surface area contributed by atoms with E-state index in [1.165, 1.54) is 12.1 Å². The van der Waals surface area contributed by atoms with Crippen LogP contribution in [0.2, 0.25) is 0 Å². The Morgan fingerprint density at radius 3 is 2.52 bits per heavy atom. The van der Waals surface area contributed by atoms with Crippen molar-refractivity contribution in [2.24, 2.45) is 11.5 Å². The third kappa shape index (κ3) is 4.29. The highest BCUT2D eigenvalue weighted by Crippen LogP contribution is 2.16. The van der Waals surface area contributed by atoms with Crippen LogP contribution in [-0.4, -0.2) is 27.8 Å². The molecule has 8 nitrogen and oxygen atoms in total. The summed E-state index contributed by atoms with van der Waals surface area (Å²) < 4.78 is 5.16. The van der Waals surface area contributed by atoms with E-state index in [1.54, 1.807) is 12.1 Å². The van der Waals surface area contributed by atoms with E-state index >= 15 is 0 Å². The van der Waals surface area contributed by atoms with Crippen molar-refractivity contribution in [1.82, 2.24) is 10.2 Å². The van der Waals surface area contributed by atoms with Crippen molar-refractivity contribution in [3.05, 3.63) is 35.7 Å². The molecule has 21 heavy (non-hydrogen) atoms. The zero-order valence-electron chi connectivity index (χ0n) is 10.9. The van der Waals surface area contributed by atoms with Crippen molar-refractivity contribution in [3.8, 4) is 0 Å². The molecule has 2 amide bonds. The van der Waals surface area contributed by atoms with E-state index in [0.29, 0.717) is 17.1 Å². The van der Waals surface area contributed by atoms with Gasteiger partial charge in [0.05, 0.1) is 12.3 Å². The summed E-state index contributed by atoms with van der Waals surface area (Å²) >= 11 is 1.11. The van der Waals surface area contributed by atoms with Gasteiger partial charge in [0, 0.05) is 11.3 Å². The number of amides is 2. The molecule has 0 saturated heterocycles. The lowest BCUT2D eigenvalue weighted by molar-refractivity contribution is -0.113. The lowest BCUT2D eigenvalue weighted by atomic mass is 10.2. The fourth-order valence-electron chi connectivity index (χ4n) is 1.42. The predicted octanol–water partition coefficient (Wildman–Crippen LogP) is 0.358. The molecule has 0 fully saturated rings. The highest BCUT2D eigenvalue weighted by molar-refractivity contribution is 7.99. The van der Waals surface area contributed by atoms with E-state index in [1.807, 2.05) is 0 Å². The molecule has 2 aromatic rings. The third-order valence-electron chi connectivity index (χ3n) is 2.40. The molecule has 0 spiro atoms. The molecule has 1 aromatic heterocycles. The number of thioether (sulfide) groups is 1. The van der Waals surface area contributed by atoms with Gasteiger partial charge in [-0.2, -0.15) is 0 Å². The van der Waals surface area contributed by atoms with Gasteiger partial charge in [0.2, 0.25) is 17.7 Å². The maximum atomic E-state index is 11.7. The lowest BCUT2D eigenvalue weighted by Gasteiger charge is -2.04. The van der Waals surface area contributed by atoms with E-state index in [2.05, 4.69) is 15.5 Å². The maximum Gasteiger partial charge on any atom is 0.277 e. The number of nitrogens with two attached hydrogens (primary N) is 2. The second-order valence-electron chi connectivity index (χ2n) is 3.94. The summed E-state index contributed by atoms with van der Waals surface area (Å²) in [6.07, 6.45) is 0. The zero-order chi connectivity index (χ0) is 15.2. The first-order valence-corrected chi connectivity index (χ1v) is 6.92. The summed E-state index contributed by atoms with van der Waals surface area (Å²) in [5, 5.41) is 10.4. The molecule has 0 aliphatic carbocycles. The Morgan fingerprint density at radius 2 is 1.95 bits per heavy atom. The molecule has 0 aliphatic heterocycles. The van der Waals surface area contributed by atoms with Gasteiger partial charge in [-0.3, -0.25) is 9.59 Å². The monoisotopic (exact) mass is 307 g/mol. The Bertz CT molecular complexity index is 641. The number of anilines is 1.